The number of hydrogen-bond donors (Lipinski definition) is 1. The second kappa shape index (κ2) is 9.51. The first kappa shape index (κ1) is 23.5. The summed E-state index contributed by atoms with van der Waals surface area (Å²) in [5.74, 6) is -1.31. The van der Waals surface area contributed by atoms with E-state index in [4.69, 9.17) is 0 Å². The molecule has 0 spiro atoms. The van der Waals surface area contributed by atoms with E-state index in [0.717, 1.165) is 22.2 Å². The lowest BCUT2D eigenvalue weighted by atomic mass is 9.94. The van der Waals surface area contributed by atoms with Crippen LogP contribution in [-0.2, 0) is 4.79 Å². The number of hydrogen-bond acceptors (Lipinski definition) is 5. The van der Waals surface area contributed by atoms with Crippen LogP contribution in [0.4, 0.5) is 10.1 Å². The van der Waals surface area contributed by atoms with E-state index in [-0.39, 0.29) is 17.5 Å². The molecule has 1 aliphatic heterocycles. The first-order chi connectivity index (χ1) is 18.5. The van der Waals surface area contributed by atoms with Gasteiger partial charge in [-0.1, -0.05) is 37.3 Å². The zero-order valence-corrected chi connectivity index (χ0v) is 20.4. The van der Waals surface area contributed by atoms with Crippen molar-refractivity contribution < 1.29 is 14.0 Å². The Bertz CT molecular complexity index is 1620. The van der Waals surface area contributed by atoms with Gasteiger partial charge in [-0.15, -0.1) is 0 Å². The molecule has 3 atom stereocenters. The third-order valence-corrected chi connectivity index (χ3v) is 6.89. The third-order valence-electron chi connectivity index (χ3n) is 6.89. The standard InChI is InChI=1S/C29H23FN6O2/c1-18-25(34-28(37)27-31-14-5-15-32-27)26(19-6-3-2-4-7-19)35(29(18)38)23-12-13-24-20(16-23)17-33-36(24)22-10-8-21(30)9-11-22/h2-18,25-26H,1H3,(H,34,37)/t18-,25-,26+/m0/s1. The van der Waals surface area contributed by atoms with Crippen LogP contribution < -0.4 is 10.2 Å². The number of nitrogens with zero attached hydrogens (tertiary/aromatic N) is 5. The van der Waals surface area contributed by atoms with Gasteiger partial charge in [0.05, 0.1) is 35.4 Å². The highest BCUT2D eigenvalue weighted by molar-refractivity contribution is 6.02. The molecule has 1 saturated heterocycles. The molecular formula is C29H23FN6O2. The molecule has 8 nitrogen and oxygen atoms in total. The first-order valence-corrected chi connectivity index (χ1v) is 12.2. The lowest BCUT2D eigenvalue weighted by molar-refractivity contribution is -0.120. The fraction of sp³-hybridized carbons (Fsp3) is 0.138. The molecule has 2 aromatic heterocycles. The van der Waals surface area contributed by atoms with Crippen LogP contribution in [0.5, 0.6) is 0 Å². The van der Waals surface area contributed by atoms with Gasteiger partial charge in [0.1, 0.15) is 5.82 Å². The molecule has 0 aliphatic carbocycles. The zero-order chi connectivity index (χ0) is 26.2. The number of carbonyl (C=O) groups is 2. The first-order valence-electron chi connectivity index (χ1n) is 12.2. The number of carbonyl (C=O) groups excluding carboxylic acids is 2. The highest BCUT2D eigenvalue weighted by atomic mass is 19.1. The van der Waals surface area contributed by atoms with Gasteiger partial charge in [0, 0.05) is 23.5 Å². The van der Waals surface area contributed by atoms with Crippen molar-refractivity contribution >= 4 is 28.4 Å². The van der Waals surface area contributed by atoms with Crippen molar-refractivity contribution in [3.8, 4) is 5.69 Å². The summed E-state index contributed by atoms with van der Waals surface area (Å²) in [7, 11) is 0. The van der Waals surface area contributed by atoms with Crippen molar-refractivity contribution in [1.82, 2.24) is 25.1 Å². The summed E-state index contributed by atoms with van der Waals surface area (Å²) in [6, 6.07) is 22.1. The van der Waals surface area contributed by atoms with Crippen molar-refractivity contribution in [3.63, 3.8) is 0 Å². The predicted octanol–water partition coefficient (Wildman–Crippen LogP) is 4.48. The fourth-order valence-corrected chi connectivity index (χ4v) is 5.03. The molecule has 0 unspecified atom stereocenters. The highest BCUT2D eigenvalue weighted by Crippen LogP contribution is 2.41. The average Bonchev–Trinajstić information content (AvgIpc) is 3.48. The number of anilines is 1. The molecule has 9 heteroatoms. The van der Waals surface area contributed by atoms with E-state index in [2.05, 4.69) is 20.4 Å². The second-order valence-corrected chi connectivity index (χ2v) is 9.20. The van der Waals surface area contributed by atoms with Gasteiger partial charge < -0.3 is 10.2 Å². The summed E-state index contributed by atoms with van der Waals surface area (Å²) in [6.07, 6.45) is 4.73. The minimum absolute atomic E-state index is 0.0482. The molecule has 3 aromatic carbocycles. The molecule has 38 heavy (non-hydrogen) atoms. The van der Waals surface area contributed by atoms with Crippen LogP contribution in [0, 0.1) is 11.7 Å². The Morgan fingerprint density at radius 3 is 2.37 bits per heavy atom. The van der Waals surface area contributed by atoms with Crippen molar-refractivity contribution in [3.05, 3.63) is 115 Å². The van der Waals surface area contributed by atoms with Gasteiger partial charge >= 0.3 is 0 Å². The van der Waals surface area contributed by atoms with Crippen LogP contribution in [-0.4, -0.2) is 37.6 Å². The number of benzene rings is 3. The Hall–Kier alpha value is -4.92. The Morgan fingerprint density at radius 1 is 0.921 bits per heavy atom. The summed E-state index contributed by atoms with van der Waals surface area (Å²) in [5.41, 5.74) is 3.14. The van der Waals surface area contributed by atoms with Crippen LogP contribution >= 0.6 is 0 Å². The lowest BCUT2D eigenvalue weighted by Crippen LogP contribution is -2.42. The molecule has 1 aliphatic rings. The summed E-state index contributed by atoms with van der Waals surface area (Å²) in [6.45, 7) is 1.82. The molecule has 1 fully saturated rings. The highest BCUT2D eigenvalue weighted by Gasteiger charge is 2.48. The Kier molecular flexibility index (Phi) is 5.88. The predicted molar refractivity (Wildman–Crippen MR) is 140 cm³/mol. The maximum absolute atomic E-state index is 13.7. The van der Waals surface area contributed by atoms with Crippen LogP contribution in [0.15, 0.2) is 97.5 Å². The molecule has 1 N–H and O–H groups in total. The van der Waals surface area contributed by atoms with E-state index < -0.39 is 23.9 Å². The van der Waals surface area contributed by atoms with Crippen LogP contribution in [0.1, 0.15) is 29.1 Å². The van der Waals surface area contributed by atoms with Crippen LogP contribution in [0.3, 0.4) is 0 Å². The normalized spacial score (nSPS) is 19.2. The molecular weight excluding hydrogens is 483 g/mol. The summed E-state index contributed by atoms with van der Waals surface area (Å²) in [5, 5.41) is 8.32. The second-order valence-electron chi connectivity index (χ2n) is 9.20. The van der Waals surface area contributed by atoms with Gasteiger partial charge in [0.25, 0.3) is 5.91 Å². The quantitative estimate of drug-likeness (QED) is 0.380. The van der Waals surface area contributed by atoms with E-state index in [0.29, 0.717) is 5.69 Å². The van der Waals surface area contributed by atoms with E-state index in [1.54, 1.807) is 34.0 Å². The number of rotatable bonds is 5. The van der Waals surface area contributed by atoms with Crippen molar-refractivity contribution in [2.24, 2.45) is 5.92 Å². The van der Waals surface area contributed by atoms with E-state index >= 15 is 0 Å². The van der Waals surface area contributed by atoms with E-state index in [1.165, 1.54) is 24.5 Å². The molecule has 188 valence electrons. The number of amides is 2. The van der Waals surface area contributed by atoms with Gasteiger partial charge in [-0.25, -0.2) is 19.0 Å². The Labute approximate surface area is 217 Å². The molecule has 5 aromatic rings. The fourth-order valence-electron chi connectivity index (χ4n) is 5.03. The van der Waals surface area contributed by atoms with E-state index in [9.17, 15) is 14.0 Å². The monoisotopic (exact) mass is 506 g/mol. The van der Waals surface area contributed by atoms with Crippen molar-refractivity contribution in [2.75, 3.05) is 4.90 Å². The van der Waals surface area contributed by atoms with Gasteiger partial charge in [-0.3, -0.25) is 9.59 Å². The zero-order valence-electron chi connectivity index (χ0n) is 20.4. The lowest BCUT2D eigenvalue weighted by Gasteiger charge is -2.29. The number of halogens is 1. The molecule has 0 bridgehead atoms. The summed E-state index contributed by atoms with van der Waals surface area (Å²) in [4.78, 5) is 36.6. The number of aromatic nitrogens is 4. The Balaban J connectivity index is 1.39. The third kappa shape index (κ3) is 4.07. The van der Waals surface area contributed by atoms with Gasteiger partial charge in [-0.2, -0.15) is 5.10 Å². The average molecular weight is 507 g/mol. The van der Waals surface area contributed by atoms with Gasteiger partial charge in [-0.05, 0) is 54.1 Å². The van der Waals surface area contributed by atoms with Crippen LogP contribution in [0.25, 0.3) is 16.6 Å². The summed E-state index contributed by atoms with van der Waals surface area (Å²) < 4.78 is 15.1. The largest absolute Gasteiger partial charge is 0.343 e. The molecule has 0 saturated carbocycles. The number of fused-ring (bicyclic) bond motifs is 1. The molecule has 2 amide bonds. The minimum atomic E-state index is -0.515. The van der Waals surface area contributed by atoms with Gasteiger partial charge in [0.15, 0.2) is 0 Å². The van der Waals surface area contributed by atoms with Crippen LogP contribution in [0.2, 0.25) is 0 Å². The minimum Gasteiger partial charge on any atom is -0.343 e. The SMILES string of the molecule is C[C@@H]1C(=O)N(c2ccc3c(cnn3-c3ccc(F)cc3)c2)[C@H](c2ccccc2)[C@H]1NC(=O)c1ncccn1. The topological polar surface area (TPSA) is 93.0 Å². The maximum Gasteiger partial charge on any atom is 0.289 e. The molecule has 3 heterocycles. The molecule has 0 radical (unpaired) electrons. The van der Waals surface area contributed by atoms with Gasteiger partial charge in [0.2, 0.25) is 11.7 Å². The van der Waals surface area contributed by atoms with E-state index in [1.807, 2.05) is 55.5 Å². The summed E-state index contributed by atoms with van der Waals surface area (Å²) >= 11 is 0. The van der Waals surface area contributed by atoms with Crippen molar-refractivity contribution in [2.45, 2.75) is 19.0 Å². The molecule has 6 rings (SSSR count). The Morgan fingerprint density at radius 2 is 1.63 bits per heavy atom. The smallest absolute Gasteiger partial charge is 0.289 e. The number of nitrogens with one attached hydrogen (secondary N) is 1. The van der Waals surface area contributed by atoms with Crippen molar-refractivity contribution in [1.29, 1.82) is 0 Å². The maximum atomic E-state index is 13.7.